The molecule has 1 aromatic carbocycles. The van der Waals surface area contributed by atoms with E-state index in [9.17, 15) is 0 Å². The quantitative estimate of drug-likeness (QED) is 0.423. The highest BCUT2D eigenvalue weighted by atomic mass is 16.5. The summed E-state index contributed by atoms with van der Waals surface area (Å²) in [7, 11) is 1.68. The van der Waals surface area contributed by atoms with Gasteiger partial charge in [-0.1, -0.05) is 37.1 Å². The number of aryl methyl sites for hydroxylation is 1. The van der Waals surface area contributed by atoms with Gasteiger partial charge >= 0.3 is 0 Å². The molecule has 0 atom stereocenters. The second-order valence-electron chi connectivity index (χ2n) is 8.19. The molecule has 4 N–H and O–H groups in total. The summed E-state index contributed by atoms with van der Waals surface area (Å²) in [4.78, 5) is 8.87. The fraction of sp³-hybridized carbons (Fsp3) is 0.500. The zero-order valence-corrected chi connectivity index (χ0v) is 19.0. The molecule has 0 aliphatic heterocycles. The van der Waals surface area contributed by atoms with Crippen LogP contribution in [0, 0.1) is 6.92 Å². The number of unbranched alkanes of at least 4 members (excludes halogenated alkanes) is 2. The van der Waals surface area contributed by atoms with Crippen LogP contribution in [0.5, 0.6) is 5.75 Å². The number of aromatic nitrogens is 6. The molecule has 0 fully saturated rings. The molecule has 31 heavy (non-hydrogen) atoms. The number of hydrogen-bond donors (Lipinski definition) is 3. The van der Waals surface area contributed by atoms with Gasteiger partial charge in [-0.25, -0.2) is 4.98 Å². The normalized spacial score (nSPS) is 11.5. The first-order valence-electron chi connectivity index (χ1n) is 10.6. The Kier molecular flexibility index (Phi) is 7.04. The molecule has 9 heteroatoms. The van der Waals surface area contributed by atoms with E-state index in [1.807, 2.05) is 19.1 Å². The van der Waals surface area contributed by atoms with E-state index in [2.05, 4.69) is 62.7 Å². The fourth-order valence-electron chi connectivity index (χ4n) is 3.61. The summed E-state index contributed by atoms with van der Waals surface area (Å²) in [5.74, 6) is 2.50. The van der Waals surface area contributed by atoms with E-state index in [0.717, 1.165) is 46.9 Å². The van der Waals surface area contributed by atoms with E-state index in [-0.39, 0.29) is 5.95 Å². The third kappa shape index (κ3) is 5.10. The molecule has 3 rings (SSSR count). The molecule has 2 heterocycles. The molecule has 2 aromatic heterocycles. The van der Waals surface area contributed by atoms with E-state index in [1.54, 1.807) is 7.11 Å². The Morgan fingerprint density at radius 3 is 2.68 bits per heavy atom. The number of nitrogens with one attached hydrogen (secondary N) is 2. The number of hydrogen-bond acceptors (Lipinski definition) is 8. The number of rotatable bonds is 10. The van der Waals surface area contributed by atoms with Crippen LogP contribution in [0.15, 0.2) is 18.2 Å². The number of aromatic amines is 1. The first-order chi connectivity index (χ1) is 14.9. The van der Waals surface area contributed by atoms with Crippen LogP contribution < -0.4 is 15.8 Å². The number of tetrazole rings is 1. The maximum absolute atomic E-state index is 5.93. The molecule has 3 aromatic rings. The molecule has 0 aliphatic rings. The Balaban J connectivity index is 1.96. The average Bonchev–Trinajstić information content (AvgIpc) is 3.29. The number of ether oxygens (including phenoxy) is 1. The van der Waals surface area contributed by atoms with Crippen LogP contribution >= 0.6 is 0 Å². The average molecular weight is 425 g/mol. The van der Waals surface area contributed by atoms with Crippen LogP contribution in [0.1, 0.15) is 68.2 Å². The standard InChI is InChI=1S/C22H32N8O/c1-6-7-8-11-24-19-17(14(2)25-21(23)26-19)13-15-12-16(9-10-18(15)31-5)22(3,4)20-27-29-30-28-20/h9-10,12H,6-8,11,13H2,1-5H3,(H3,23,24,25,26)(H,27,28,29,30). The van der Waals surface area contributed by atoms with Crippen molar-refractivity contribution in [1.82, 2.24) is 30.6 Å². The molecule has 0 saturated carbocycles. The van der Waals surface area contributed by atoms with E-state index >= 15 is 0 Å². The SMILES string of the molecule is CCCCCNc1nc(N)nc(C)c1Cc1cc(C(C)(C)c2nn[nH]n2)ccc1OC. The number of methoxy groups -OCH3 is 1. The molecule has 0 aliphatic carbocycles. The molecular weight excluding hydrogens is 392 g/mol. The van der Waals surface area contributed by atoms with Crippen LogP contribution in [0.2, 0.25) is 0 Å². The molecule has 0 amide bonds. The maximum atomic E-state index is 5.93. The van der Waals surface area contributed by atoms with Crippen molar-refractivity contribution in [3.05, 3.63) is 46.4 Å². The Bertz CT molecular complexity index is 1000. The van der Waals surface area contributed by atoms with Gasteiger partial charge in [0.25, 0.3) is 0 Å². The first kappa shape index (κ1) is 22.5. The maximum Gasteiger partial charge on any atom is 0.222 e. The Morgan fingerprint density at radius 1 is 1.19 bits per heavy atom. The van der Waals surface area contributed by atoms with Gasteiger partial charge in [0.05, 0.1) is 12.5 Å². The van der Waals surface area contributed by atoms with Gasteiger partial charge in [-0.05, 0) is 44.4 Å². The number of nitrogens with two attached hydrogens (primary N) is 1. The number of H-pyrrole nitrogens is 1. The van der Waals surface area contributed by atoms with Crippen molar-refractivity contribution in [3.8, 4) is 5.75 Å². The van der Waals surface area contributed by atoms with Gasteiger partial charge < -0.3 is 15.8 Å². The van der Waals surface area contributed by atoms with E-state index in [0.29, 0.717) is 12.2 Å². The lowest BCUT2D eigenvalue weighted by atomic mass is 9.82. The summed E-state index contributed by atoms with van der Waals surface area (Å²) >= 11 is 0. The highest BCUT2D eigenvalue weighted by Crippen LogP contribution is 2.34. The van der Waals surface area contributed by atoms with Gasteiger partial charge in [0.15, 0.2) is 5.82 Å². The molecule has 0 unspecified atom stereocenters. The molecule has 166 valence electrons. The molecule has 0 radical (unpaired) electrons. The third-order valence-corrected chi connectivity index (χ3v) is 5.58. The van der Waals surface area contributed by atoms with Crippen molar-refractivity contribution in [2.24, 2.45) is 0 Å². The largest absolute Gasteiger partial charge is 0.496 e. The highest BCUT2D eigenvalue weighted by molar-refractivity contribution is 5.54. The van der Waals surface area contributed by atoms with Crippen molar-refractivity contribution >= 4 is 11.8 Å². The van der Waals surface area contributed by atoms with Crippen molar-refractivity contribution in [3.63, 3.8) is 0 Å². The van der Waals surface area contributed by atoms with Crippen LogP contribution in [0.4, 0.5) is 11.8 Å². The van der Waals surface area contributed by atoms with E-state index in [4.69, 9.17) is 10.5 Å². The summed E-state index contributed by atoms with van der Waals surface area (Å²) in [6.07, 6.45) is 4.03. The van der Waals surface area contributed by atoms with Crippen LogP contribution in [-0.2, 0) is 11.8 Å². The van der Waals surface area contributed by atoms with Crippen molar-refractivity contribution < 1.29 is 4.74 Å². The van der Waals surface area contributed by atoms with Crippen molar-refractivity contribution in [2.45, 2.75) is 58.8 Å². The minimum absolute atomic E-state index is 0.276. The minimum Gasteiger partial charge on any atom is -0.496 e. The van der Waals surface area contributed by atoms with E-state index in [1.165, 1.54) is 12.8 Å². The van der Waals surface area contributed by atoms with Gasteiger partial charge in [-0.15, -0.1) is 10.2 Å². The van der Waals surface area contributed by atoms with Crippen molar-refractivity contribution in [1.29, 1.82) is 0 Å². The monoisotopic (exact) mass is 424 g/mol. The van der Waals surface area contributed by atoms with Crippen molar-refractivity contribution in [2.75, 3.05) is 24.7 Å². The predicted molar refractivity (Wildman–Crippen MR) is 121 cm³/mol. The second-order valence-corrected chi connectivity index (χ2v) is 8.19. The Labute approximate surface area is 183 Å². The summed E-state index contributed by atoms with van der Waals surface area (Å²) < 4.78 is 5.66. The van der Waals surface area contributed by atoms with Gasteiger partial charge in [0.1, 0.15) is 11.6 Å². The summed E-state index contributed by atoms with van der Waals surface area (Å²) in [5.41, 5.74) is 9.49. The number of benzene rings is 1. The first-order valence-corrected chi connectivity index (χ1v) is 10.6. The Morgan fingerprint density at radius 2 is 2.00 bits per heavy atom. The highest BCUT2D eigenvalue weighted by Gasteiger charge is 2.29. The summed E-state index contributed by atoms with van der Waals surface area (Å²) in [6.45, 7) is 9.14. The third-order valence-electron chi connectivity index (χ3n) is 5.58. The number of nitrogen functional groups attached to an aromatic ring is 1. The fourth-order valence-corrected chi connectivity index (χ4v) is 3.61. The van der Waals surface area contributed by atoms with Gasteiger partial charge in [-0.3, -0.25) is 0 Å². The zero-order chi connectivity index (χ0) is 22.4. The molecule has 0 saturated heterocycles. The topological polar surface area (TPSA) is 128 Å². The van der Waals surface area contributed by atoms with Crippen LogP contribution in [0.3, 0.4) is 0 Å². The summed E-state index contributed by atoms with van der Waals surface area (Å²) in [5, 5.41) is 18.1. The predicted octanol–water partition coefficient (Wildman–Crippen LogP) is 3.41. The van der Waals surface area contributed by atoms with Gasteiger partial charge in [-0.2, -0.15) is 10.2 Å². The van der Waals surface area contributed by atoms with Crippen LogP contribution in [0.25, 0.3) is 0 Å². The molecule has 0 bridgehead atoms. The van der Waals surface area contributed by atoms with E-state index < -0.39 is 5.41 Å². The van der Waals surface area contributed by atoms with Gasteiger partial charge in [0.2, 0.25) is 5.95 Å². The lowest BCUT2D eigenvalue weighted by Crippen LogP contribution is -2.21. The Hall–Kier alpha value is -3.23. The lowest BCUT2D eigenvalue weighted by Gasteiger charge is -2.23. The summed E-state index contributed by atoms with van der Waals surface area (Å²) in [6, 6.07) is 6.15. The molecule has 9 nitrogen and oxygen atoms in total. The second kappa shape index (κ2) is 9.72. The number of anilines is 2. The van der Waals surface area contributed by atoms with Crippen LogP contribution in [-0.4, -0.2) is 44.2 Å². The minimum atomic E-state index is -0.415. The molecular formula is C22H32N8O. The number of nitrogens with zero attached hydrogens (tertiary/aromatic N) is 5. The lowest BCUT2D eigenvalue weighted by molar-refractivity contribution is 0.410. The van der Waals surface area contributed by atoms with Gasteiger partial charge in [0, 0.05) is 24.2 Å². The smallest absolute Gasteiger partial charge is 0.222 e. The molecule has 0 spiro atoms. The zero-order valence-electron chi connectivity index (χ0n) is 19.0.